The number of piperazine rings is 1. The van der Waals surface area contributed by atoms with Crippen molar-refractivity contribution in [2.75, 3.05) is 38.2 Å². The maximum Gasteiger partial charge on any atom is 0.135 e. The molecule has 0 aliphatic carbocycles. The molecule has 1 saturated heterocycles. The fourth-order valence-corrected chi connectivity index (χ4v) is 5.01. The Morgan fingerprint density at radius 2 is 1.64 bits per heavy atom. The first-order valence-corrected chi connectivity index (χ1v) is 11.7. The summed E-state index contributed by atoms with van der Waals surface area (Å²) >= 11 is 0. The largest absolute Gasteiger partial charge is 0.496 e. The summed E-state index contributed by atoms with van der Waals surface area (Å²) in [5.41, 5.74) is 8.47. The van der Waals surface area contributed by atoms with Crippen molar-refractivity contribution in [2.24, 2.45) is 0 Å². The highest BCUT2D eigenvalue weighted by atomic mass is 16.5. The Labute approximate surface area is 196 Å². The third-order valence-corrected chi connectivity index (χ3v) is 6.80. The van der Waals surface area contributed by atoms with E-state index in [0.29, 0.717) is 0 Å². The molecule has 1 aliphatic rings. The highest BCUT2D eigenvalue weighted by molar-refractivity contribution is 5.97. The van der Waals surface area contributed by atoms with Crippen molar-refractivity contribution < 1.29 is 9.15 Å². The lowest BCUT2D eigenvalue weighted by Gasteiger charge is -2.37. The number of methoxy groups -OCH3 is 1. The van der Waals surface area contributed by atoms with E-state index in [1.165, 1.54) is 27.9 Å². The minimum absolute atomic E-state index is 0.861. The second-order valence-corrected chi connectivity index (χ2v) is 9.11. The second-order valence-electron chi connectivity index (χ2n) is 9.11. The fraction of sp³-hybridized carbons (Fsp3) is 0.310. The summed E-state index contributed by atoms with van der Waals surface area (Å²) in [7, 11) is 1.76. The van der Waals surface area contributed by atoms with E-state index in [1.807, 2.05) is 13.0 Å². The average molecular weight is 441 g/mol. The Kier molecular flexibility index (Phi) is 5.86. The monoisotopic (exact) mass is 440 g/mol. The van der Waals surface area contributed by atoms with Crippen molar-refractivity contribution in [3.05, 3.63) is 83.1 Å². The van der Waals surface area contributed by atoms with E-state index in [0.717, 1.165) is 60.8 Å². The van der Waals surface area contributed by atoms with Gasteiger partial charge in [0.25, 0.3) is 0 Å². The summed E-state index contributed by atoms with van der Waals surface area (Å²) in [6.07, 6.45) is 0. The van der Waals surface area contributed by atoms with Crippen LogP contribution in [0.3, 0.4) is 0 Å². The fourth-order valence-electron chi connectivity index (χ4n) is 5.01. The molecule has 1 fully saturated rings. The number of benzene rings is 3. The molecular weight excluding hydrogens is 408 g/mol. The van der Waals surface area contributed by atoms with Gasteiger partial charge in [-0.05, 0) is 55.7 Å². The van der Waals surface area contributed by atoms with Gasteiger partial charge in [0, 0.05) is 54.9 Å². The normalized spacial score (nSPS) is 14.7. The topological polar surface area (TPSA) is 28.9 Å². The third-order valence-electron chi connectivity index (χ3n) is 6.80. The molecule has 0 bridgehead atoms. The highest BCUT2D eigenvalue weighted by Gasteiger charge is 2.21. The second kappa shape index (κ2) is 8.95. The molecule has 1 aliphatic heterocycles. The van der Waals surface area contributed by atoms with Gasteiger partial charge in [-0.1, -0.05) is 42.5 Å². The number of furan rings is 1. The number of aryl methyl sites for hydroxylation is 3. The predicted octanol–water partition coefficient (Wildman–Crippen LogP) is 6.36. The molecule has 1 aromatic heterocycles. The van der Waals surface area contributed by atoms with Gasteiger partial charge in [0.2, 0.25) is 0 Å². The quantitative estimate of drug-likeness (QED) is 0.361. The summed E-state index contributed by atoms with van der Waals surface area (Å²) < 4.78 is 12.0. The first kappa shape index (κ1) is 21.6. The van der Waals surface area contributed by atoms with Gasteiger partial charge in [0.05, 0.1) is 7.11 Å². The van der Waals surface area contributed by atoms with Crippen molar-refractivity contribution in [1.82, 2.24) is 4.90 Å². The Morgan fingerprint density at radius 3 is 2.36 bits per heavy atom. The van der Waals surface area contributed by atoms with Crippen LogP contribution in [-0.4, -0.2) is 38.2 Å². The molecule has 0 unspecified atom stereocenters. The zero-order chi connectivity index (χ0) is 22.9. The maximum absolute atomic E-state index is 6.20. The number of ether oxygens (including phenoxy) is 1. The molecule has 0 amide bonds. The van der Waals surface area contributed by atoms with Gasteiger partial charge in [-0.25, -0.2) is 0 Å². The van der Waals surface area contributed by atoms with Gasteiger partial charge in [0.1, 0.15) is 17.1 Å². The molecule has 170 valence electrons. The van der Waals surface area contributed by atoms with Gasteiger partial charge >= 0.3 is 0 Å². The van der Waals surface area contributed by atoms with Crippen molar-refractivity contribution in [3.8, 4) is 16.9 Å². The number of rotatable bonds is 5. The maximum atomic E-state index is 6.20. The molecule has 4 aromatic rings. The van der Waals surface area contributed by atoms with Crippen molar-refractivity contribution in [3.63, 3.8) is 0 Å². The molecule has 0 radical (unpaired) electrons. The highest BCUT2D eigenvalue weighted by Crippen LogP contribution is 2.38. The first-order valence-electron chi connectivity index (χ1n) is 11.7. The van der Waals surface area contributed by atoms with E-state index in [2.05, 4.69) is 78.2 Å². The lowest BCUT2D eigenvalue weighted by molar-refractivity contribution is 0.246. The Morgan fingerprint density at radius 1 is 0.879 bits per heavy atom. The molecule has 0 N–H and O–H groups in total. The minimum Gasteiger partial charge on any atom is -0.496 e. The van der Waals surface area contributed by atoms with E-state index in [4.69, 9.17) is 9.15 Å². The van der Waals surface area contributed by atoms with Crippen LogP contribution in [0.4, 0.5) is 5.69 Å². The van der Waals surface area contributed by atoms with Crippen LogP contribution >= 0.6 is 0 Å². The lowest BCUT2D eigenvalue weighted by atomic mass is 10.0. The van der Waals surface area contributed by atoms with Gasteiger partial charge in [-0.3, -0.25) is 4.90 Å². The van der Waals surface area contributed by atoms with Gasteiger partial charge in [-0.2, -0.15) is 0 Å². The Balaban J connectivity index is 1.37. The van der Waals surface area contributed by atoms with Crippen molar-refractivity contribution >= 4 is 16.7 Å². The predicted molar refractivity (Wildman–Crippen MR) is 136 cm³/mol. The van der Waals surface area contributed by atoms with Crippen LogP contribution in [0.1, 0.15) is 22.5 Å². The summed E-state index contributed by atoms with van der Waals surface area (Å²) in [5.74, 6) is 1.87. The van der Waals surface area contributed by atoms with Crippen LogP contribution < -0.4 is 9.64 Å². The molecule has 0 atom stereocenters. The van der Waals surface area contributed by atoms with Gasteiger partial charge < -0.3 is 14.1 Å². The zero-order valence-corrected chi connectivity index (χ0v) is 20.0. The summed E-state index contributed by atoms with van der Waals surface area (Å²) in [6, 6.07) is 21.5. The molecular formula is C29H32N2O2. The van der Waals surface area contributed by atoms with E-state index >= 15 is 0 Å². The molecule has 33 heavy (non-hydrogen) atoms. The Hall–Kier alpha value is -3.24. The van der Waals surface area contributed by atoms with E-state index in [-0.39, 0.29) is 0 Å². The lowest BCUT2D eigenvalue weighted by Crippen LogP contribution is -2.46. The van der Waals surface area contributed by atoms with Crippen LogP contribution in [0.15, 0.2) is 65.1 Å². The number of fused-ring (bicyclic) bond motifs is 1. The summed E-state index contributed by atoms with van der Waals surface area (Å²) in [6.45, 7) is 11.4. The number of hydrogen-bond donors (Lipinski definition) is 0. The van der Waals surface area contributed by atoms with Crippen LogP contribution in [0.5, 0.6) is 5.75 Å². The molecule has 4 nitrogen and oxygen atoms in total. The smallest absolute Gasteiger partial charge is 0.135 e. The number of hydrogen-bond acceptors (Lipinski definition) is 4. The van der Waals surface area contributed by atoms with E-state index < -0.39 is 0 Å². The molecule has 4 heteroatoms. The van der Waals surface area contributed by atoms with Crippen LogP contribution in [0.25, 0.3) is 22.1 Å². The van der Waals surface area contributed by atoms with Crippen LogP contribution in [0, 0.1) is 20.8 Å². The molecule has 2 heterocycles. The van der Waals surface area contributed by atoms with E-state index in [9.17, 15) is 0 Å². The zero-order valence-electron chi connectivity index (χ0n) is 20.0. The van der Waals surface area contributed by atoms with Crippen molar-refractivity contribution in [1.29, 1.82) is 0 Å². The summed E-state index contributed by atoms with van der Waals surface area (Å²) in [4.78, 5) is 5.03. The molecule has 0 saturated carbocycles. The number of nitrogens with zero attached hydrogens (tertiary/aromatic N) is 2. The first-order chi connectivity index (χ1) is 16.0. The standard InChI is InChI=1S/C29H32N2O2/c1-20-10-11-21(2)26(16-20)31-14-12-30(13-15-31)19-24-17-28-25(18-27(24)32-4)29(22(3)33-28)23-8-6-5-7-9-23/h5-11,16-18H,12-15,19H2,1-4H3. The van der Waals surface area contributed by atoms with Crippen LogP contribution in [0.2, 0.25) is 0 Å². The average Bonchev–Trinajstić information content (AvgIpc) is 3.15. The molecule has 0 spiro atoms. The van der Waals surface area contributed by atoms with E-state index in [1.54, 1.807) is 7.11 Å². The van der Waals surface area contributed by atoms with Crippen molar-refractivity contribution in [2.45, 2.75) is 27.3 Å². The third kappa shape index (κ3) is 4.23. The number of anilines is 1. The molecule has 3 aromatic carbocycles. The van der Waals surface area contributed by atoms with Gasteiger partial charge in [0.15, 0.2) is 0 Å². The van der Waals surface area contributed by atoms with Crippen LogP contribution in [-0.2, 0) is 6.54 Å². The van der Waals surface area contributed by atoms with Gasteiger partial charge in [-0.15, -0.1) is 0 Å². The SMILES string of the molecule is COc1cc2c(-c3ccccc3)c(C)oc2cc1CN1CCN(c2cc(C)ccc2C)CC1. The summed E-state index contributed by atoms with van der Waals surface area (Å²) in [5, 5.41) is 1.11. The minimum atomic E-state index is 0.861. The Bertz CT molecular complexity index is 1270. The molecule has 5 rings (SSSR count).